The molecule has 108 valence electrons. The highest BCUT2D eigenvalue weighted by Gasteiger charge is 2.11. The maximum atomic E-state index is 5.42. The molecule has 0 saturated heterocycles. The Hall–Kier alpha value is -1.74. The van der Waals surface area contributed by atoms with E-state index in [1.807, 2.05) is 12.1 Å². The molecule has 1 aromatic heterocycles. The summed E-state index contributed by atoms with van der Waals surface area (Å²) < 4.78 is 7.68. The Kier molecular flexibility index (Phi) is 4.50. The van der Waals surface area contributed by atoms with E-state index in [9.17, 15) is 0 Å². The van der Waals surface area contributed by atoms with Gasteiger partial charge in [0.1, 0.15) is 5.75 Å². The van der Waals surface area contributed by atoms with Crippen molar-refractivity contribution in [1.29, 1.82) is 0 Å². The van der Waals surface area contributed by atoms with Crippen molar-refractivity contribution in [2.45, 2.75) is 39.4 Å². The second-order valence-electron chi connectivity index (χ2n) is 6.04. The monoisotopic (exact) mass is 272 g/mol. The summed E-state index contributed by atoms with van der Waals surface area (Å²) in [6, 6.07) is 12.4. The number of nitrogens with zero attached hydrogens (tertiary/aromatic N) is 1. The summed E-state index contributed by atoms with van der Waals surface area (Å²) in [4.78, 5) is 0. The van der Waals surface area contributed by atoms with E-state index in [0.717, 1.165) is 18.8 Å². The molecule has 0 fully saturated rings. The molecule has 0 bridgehead atoms. The molecular weight excluding hydrogens is 248 g/mol. The van der Waals surface area contributed by atoms with E-state index < -0.39 is 0 Å². The van der Waals surface area contributed by atoms with Crippen molar-refractivity contribution < 1.29 is 4.74 Å². The quantitative estimate of drug-likeness (QED) is 0.902. The number of para-hydroxylation sites is 1. The molecule has 0 aliphatic rings. The van der Waals surface area contributed by atoms with Gasteiger partial charge < -0.3 is 14.6 Å². The highest BCUT2D eigenvalue weighted by molar-refractivity contribution is 5.33. The Morgan fingerprint density at radius 1 is 1.10 bits per heavy atom. The SMILES string of the molecule is COc1ccccc1Cn1cccc1CNC(C)(C)C. The predicted molar refractivity (Wildman–Crippen MR) is 83.1 cm³/mol. The smallest absolute Gasteiger partial charge is 0.123 e. The molecule has 1 N–H and O–H groups in total. The van der Waals surface area contributed by atoms with Gasteiger partial charge in [-0.3, -0.25) is 0 Å². The molecule has 0 aliphatic heterocycles. The van der Waals surface area contributed by atoms with E-state index in [-0.39, 0.29) is 5.54 Å². The molecule has 2 rings (SSSR count). The summed E-state index contributed by atoms with van der Waals surface area (Å²) >= 11 is 0. The van der Waals surface area contributed by atoms with Gasteiger partial charge in [-0.2, -0.15) is 0 Å². The van der Waals surface area contributed by atoms with Crippen molar-refractivity contribution in [2.24, 2.45) is 0 Å². The lowest BCUT2D eigenvalue weighted by atomic mass is 10.1. The first-order valence-corrected chi connectivity index (χ1v) is 7.00. The standard InChI is InChI=1S/C17H24N2O/c1-17(2,3)18-12-15-9-7-11-19(15)13-14-8-5-6-10-16(14)20-4/h5-11,18H,12-13H2,1-4H3. The van der Waals surface area contributed by atoms with Crippen LogP contribution in [0, 0.1) is 0 Å². The number of hydrogen-bond acceptors (Lipinski definition) is 2. The summed E-state index contributed by atoms with van der Waals surface area (Å²) in [6.45, 7) is 8.24. The number of benzene rings is 1. The maximum Gasteiger partial charge on any atom is 0.123 e. The normalized spacial score (nSPS) is 11.6. The molecule has 0 amide bonds. The first-order chi connectivity index (χ1) is 9.49. The third kappa shape index (κ3) is 3.87. The fourth-order valence-corrected chi connectivity index (χ4v) is 2.14. The van der Waals surface area contributed by atoms with Crippen LogP contribution in [0.5, 0.6) is 5.75 Å². The number of rotatable bonds is 5. The average molecular weight is 272 g/mol. The summed E-state index contributed by atoms with van der Waals surface area (Å²) in [7, 11) is 1.72. The molecule has 0 saturated carbocycles. The highest BCUT2D eigenvalue weighted by Crippen LogP contribution is 2.19. The van der Waals surface area contributed by atoms with E-state index in [1.54, 1.807) is 7.11 Å². The molecule has 1 aromatic carbocycles. The predicted octanol–water partition coefficient (Wildman–Crippen LogP) is 3.43. The third-order valence-corrected chi connectivity index (χ3v) is 3.26. The van der Waals surface area contributed by atoms with Gasteiger partial charge in [-0.15, -0.1) is 0 Å². The van der Waals surface area contributed by atoms with Crippen LogP contribution in [-0.2, 0) is 13.1 Å². The summed E-state index contributed by atoms with van der Waals surface area (Å²) in [5.74, 6) is 0.941. The van der Waals surface area contributed by atoms with Crippen LogP contribution in [0.25, 0.3) is 0 Å². The van der Waals surface area contributed by atoms with Gasteiger partial charge in [0.05, 0.1) is 13.7 Å². The molecule has 2 aromatic rings. The van der Waals surface area contributed by atoms with Crippen molar-refractivity contribution in [1.82, 2.24) is 9.88 Å². The first-order valence-electron chi connectivity index (χ1n) is 7.00. The van der Waals surface area contributed by atoms with E-state index >= 15 is 0 Å². The van der Waals surface area contributed by atoms with Gasteiger partial charge in [-0.1, -0.05) is 18.2 Å². The molecule has 0 unspecified atom stereocenters. The van der Waals surface area contributed by atoms with Gasteiger partial charge in [0.25, 0.3) is 0 Å². The zero-order valence-electron chi connectivity index (χ0n) is 12.8. The van der Waals surface area contributed by atoms with Crippen LogP contribution in [-0.4, -0.2) is 17.2 Å². The minimum atomic E-state index is 0.125. The van der Waals surface area contributed by atoms with Crippen LogP contribution < -0.4 is 10.1 Å². The lowest BCUT2D eigenvalue weighted by Crippen LogP contribution is -2.35. The summed E-state index contributed by atoms with van der Waals surface area (Å²) in [5.41, 5.74) is 2.61. The van der Waals surface area contributed by atoms with Crippen molar-refractivity contribution in [3.63, 3.8) is 0 Å². The Balaban J connectivity index is 2.12. The fraction of sp³-hybridized carbons (Fsp3) is 0.412. The molecule has 3 nitrogen and oxygen atoms in total. The van der Waals surface area contributed by atoms with E-state index in [0.29, 0.717) is 0 Å². The number of nitrogens with one attached hydrogen (secondary N) is 1. The van der Waals surface area contributed by atoms with E-state index in [2.05, 4.69) is 61.1 Å². The lowest BCUT2D eigenvalue weighted by molar-refractivity contribution is 0.405. The molecule has 3 heteroatoms. The van der Waals surface area contributed by atoms with Crippen molar-refractivity contribution in [2.75, 3.05) is 7.11 Å². The average Bonchev–Trinajstić information content (AvgIpc) is 2.83. The maximum absolute atomic E-state index is 5.42. The molecular formula is C17H24N2O. The second-order valence-corrected chi connectivity index (χ2v) is 6.04. The van der Waals surface area contributed by atoms with Crippen LogP contribution >= 0.6 is 0 Å². The Labute approximate surface area is 121 Å². The second kappa shape index (κ2) is 6.14. The van der Waals surface area contributed by atoms with Gasteiger partial charge in [-0.05, 0) is 39.0 Å². The minimum Gasteiger partial charge on any atom is -0.496 e. The fourth-order valence-electron chi connectivity index (χ4n) is 2.14. The van der Waals surface area contributed by atoms with E-state index in [4.69, 9.17) is 4.74 Å². The van der Waals surface area contributed by atoms with Crippen LogP contribution in [0.4, 0.5) is 0 Å². The first kappa shape index (κ1) is 14.7. The molecule has 0 spiro atoms. The third-order valence-electron chi connectivity index (χ3n) is 3.26. The van der Waals surface area contributed by atoms with E-state index in [1.165, 1.54) is 11.3 Å². The Morgan fingerprint density at radius 3 is 2.55 bits per heavy atom. The van der Waals surface area contributed by atoms with Gasteiger partial charge >= 0.3 is 0 Å². The molecule has 20 heavy (non-hydrogen) atoms. The Bertz CT molecular complexity index is 552. The van der Waals surface area contributed by atoms with Crippen LogP contribution in [0.15, 0.2) is 42.6 Å². The van der Waals surface area contributed by atoms with Gasteiger partial charge in [0.2, 0.25) is 0 Å². The summed E-state index contributed by atoms with van der Waals surface area (Å²) in [5, 5.41) is 3.53. The van der Waals surface area contributed by atoms with Crippen molar-refractivity contribution >= 4 is 0 Å². The lowest BCUT2D eigenvalue weighted by Gasteiger charge is -2.21. The Morgan fingerprint density at radius 2 is 1.85 bits per heavy atom. The van der Waals surface area contributed by atoms with Crippen molar-refractivity contribution in [3.8, 4) is 5.75 Å². The van der Waals surface area contributed by atoms with Gasteiger partial charge in [0.15, 0.2) is 0 Å². The van der Waals surface area contributed by atoms with Crippen LogP contribution in [0.3, 0.4) is 0 Å². The zero-order chi connectivity index (χ0) is 14.6. The number of ether oxygens (including phenoxy) is 1. The topological polar surface area (TPSA) is 26.2 Å². The van der Waals surface area contributed by atoms with Crippen LogP contribution in [0.2, 0.25) is 0 Å². The van der Waals surface area contributed by atoms with Gasteiger partial charge in [-0.25, -0.2) is 0 Å². The molecule has 0 aliphatic carbocycles. The van der Waals surface area contributed by atoms with Gasteiger partial charge in [0, 0.05) is 29.5 Å². The minimum absolute atomic E-state index is 0.125. The molecule has 1 heterocycles. The largest absolute Gasteiger partial charge is 0.496 e. The van der Waals surface area contributed by atoms with Crippen molar-refractivity contribution in [3.05, 3.63) is 53.9 Å². The zero-order valence-corrected chi connectivity index (χ0v) is 12.8. The van der Waals surface area contributed by atoms with Crippen LogP contribution in [0.1, 0.15) is 32.0 Å². The summed E-state index contributed by atoms with van der Waals surface area (Å²) in [6.07, 6.45) is 2.12. The molecule has 0 atom stereocenters. The number of methoxy groups -OCH3 is 1. The number of hydrogen-bond donors (Lipinski definition) is 1. The molecule has 0 radical (unpaired) electrons. The highest BCUT2D eigenvalue weighted by atomic mass is 16.5. The number of aromatic nitrogens is 1.